The standard InChI is InChI=1S/C13H24N4O2/c1-6-16(7-2)8-9(3)17-10(4)15-11(12(17)14)13(18)19-5/h9H,6-8,14H2,1-5H3. The van der Waals surface area contributed by atoms with Crippen molar-refractivity contribution >= 4 is 11.8 Å². The van der Waals surface area contributed by atoms with E-state index in [1.165, 1.54) is 7.11 Å². The van der Waals surface area contributed by atoms with Crippen LogP contribution in [0.5, 0.6) is 0 Å². The van der Waals surface area contributed by atoms with E-state index in [-0.39, 0.29) is 11.7 Å². The molecule has 2 N–H and O–H groups in total. The third kappa shape index (κ3) is 3.26. The first-order valence-electron chi connectivity index (χ1n) is 6.61. The van der Waals surface area contributed by atoms with Crippen LogP contribution in [0.15, 0.2) is 0 Å². The van der Waals surface area contributed by atoms with Crippen molar-refractivity contribution in [3.63, 3.8) is 0 Å². The average Bonchev–Trinajstić information content (AvgIpc) is 2.70. The zero-order chi connectivity index (χ0) is 14.6. The number of anilines is 1. The molecule has 1 unspecified atom stereocenters. The number of esters is 1. The van der Waals surface area contributed by atoms with Crippen LogP contribution in [0.1, 0.15) is 43.1 Å². The van der Waals surface area contributed by atoms with Gasteiger partial charge in [-0.1, -0.05) is 13.8 Å². The molecule has 1 atom stereocenters. The lowest BCUT2D eigenvalue weighted by Gasteiger charge is -2.25. The number of nitrogen functional groups attached to an aromatic ring is 1. The molecule has 0 saturated heterocycles. The first kappa shape index (κ1) is 15.5. The van der Waals surface area contributed by atoms with Gasteiger partial charge in [0, 0.05) is 12.6 Å². The minimum absolute atomic E-state index is 0.158. The molecule has 0 bridgehead atoms. The Labute approximate surface area is 114 Å². The van der Waals surface area contributed by atoms with Gasteiger partial charge >= 0.3 is 5.97 Å². The molecular weight excluding hydrogens is 244 g/mol. The molecule has 1 aromatic rings. The third-order valence-corrected chi connectivity index (χ3v) is 3.36. The Balaban J connectivity index is 3.00. The number of methoxy groups -OCH3 is 1. The van der Waals surface area contributed by atoms with Crippen LogP contribution in [0.2, 0.25) is 0 Å². The molecule has 6 nitrogen and oxygen atoms in total. The summed E-state index contributed by atoms with van der Waals surface area (Å²) >= 11 is 0. The fourth-order valence-corrected chi connectivity index (χ4v) is 2.30. The third-order valence-electron chi connectivity index (χ3n) is 3.36. The van der Waals surface area contributed by atoms with Gasteiger partial charge in [-0.2, -0.15) is 0 Å². The predicted molar refractivity (Wildman–Crippen MR) is 75.2 cm³/mol. The zero-order valence-corrected chi connectivity index (χ0v) is 12.4. The van der Waals surface area contributed by atoms with E-state index in [1.54, 1.807) is 0 Å². The van der Waals surface area contributed by atoms with Gasteiger partial charge < -0.3 is 19.9 Å². The maximum absolute atomic E-state index is 11.6. The molecule has 1 rings (SSSR count). The van der Waals surface area contributed by atoms with Gasteiger partial charge in [0.2, 0.25) is 0 Å². The number of carbonyl (C=O) groups excluding carboxylic acids is 1. The summed E-state index contributed by atoms with van der Waals surface area (Å²) in [6.45, 7) is 11.0. The van der Waals surface area contributed by atoms with Crippen molar-refractivity contribution in [3.8, 4) is 0 Å². The molecule has 0 aliphatic carbocycles. The number of rotatable bonds is 6. The SMILES string of the molecule is CCN(CC)CC(C)n1c(C)nc(C(=O)OC)c1N. The van der Waals surface area contributed by atoms with Crippen molar-refractivity contribution in [2.24, 2.45) is 0 Å². The Hall–Kier alpha value is -1.56. The van der Waals surface area contributed by atoms with Gasteiger partial charge in [0.05, 0.1) is 7.11 Å². The van der Waals surface area contributed by atoms with Gasteiger partial charge in [-0.05, 0) is 26.9 Å². The van der Waals surface area contributed by atoms with Crippen LogP contribution in [0.3, 0.4) is 0 Å². The molecule has 108 valence electrons. The Morgan fingerprint density at radius 3 is 2.53 bits per heavy atom. The van der Waals surface area contributed by atoms with E-state index in [0.717, 1.165) is 25.5 Å². The monoisotopic (exact) mass is 268 g/mol. The number of aromatic nitrogens is 2. The second-order valence-corrected chi connectivity index (χ2v) is 4.59. The number of aryl methyl sites for hydroxylation is 1. The quantitative estimate of drug-likeness (QED) is 0.791. The van der Waals surface area contributed by atoms with Crippen molar-refractivity contribution in [3.05, 3.63) is 11.5 Å². The topological polar surface area (TPSA) is 73.4 Å². The molecule has 0 aliphatic rings. The lowest BCUT2D eigenvalue weighted by molar-refractivity contribution is 0.0595. The molecule has 6 heteroatoms. The van der Waals surface area contributed by atoms with Crippen molar-refractivity contribution < 1.29 is 9.53 Å². The number of nitrogens with zero attached hydrogens (tertiary/aromatic N) is 3. The molecular formula is C13H24N4O2. The van der Waals surface area contributed by atoms with Crippen LogP contribution in [0.25, 0.3) is 0 Å². The normalized spacial score (nSPS) is 12.7. The van der Waals surface area contributed by atoms with Crippen molar-refractivity contribution in [2.45, 2.75) is 33.7 Å². The predicted octanol–water partition coefficient (Wildman–Crippen LogP) is 1.46. The highest BCUT2D eigenvalue weighted by Gasteiger charge is 2.22. The minimum Gasteiger partial charge on any atom is -0.464 e. The molecule has 0 saturated carbocycles. The van der Waals surface area contributed by atoms with Gasteiger partial charge in [-0.25, -0.2) is 9.78 Å². The number of nitrogens with two attached hydrogens (primary N) is 1. The molecule has 19 heavy (non-hydrogen) atoms. The lowest BCUT2D eigenvalue weighted by atomic mass is 10.3. The summed E-state index contributed by atoms with van der Waals surface area (Å²) in [6, 6.07) is 0.158. The largest absolute Gasteiger partial charge is 0.464 e. The molecule has 0 fully saturated rings. The van der Waals surface area contributed by atoms with Crippen LogP contribution >= 0.6 is 0 Å². The number of imidazole rings is 1. The van der Waals surface area contributed by atoms with Crippen molar-refractivity contribution in [1.29, 1.82) is 0 Å². The summed E-state index contributed by atoms with van der Waals surface area (Å²) in [6.07, 6.45) is 0. The summed E-state index contributed by atoms with van der Waals surface area (Å²) in [4.78, 5) is 18.1. The Bertz CT molecular complexity index is 438. The molecule has 0 radical (unpaired) electrons. The van der Waals surface area contributed by atoms with E-state index in [9.17, 15) is 4.79 Å². The average molecular weight is 268 g/mol. The molecule has 0 aliphatic heterocycles. The Kier molecular flexibility index (Phi) is 5.35. The fourth-order valence-electron chi connectivity index (χ4n) is 2.30. The fraction of sp³-hybridized carbons (Fsp3) is 0.692. The van der Waals surface area contributed by atoms with Gasteiger partial charge in [0.15, 0.2) is 5.69 Å². The van der Waals surface area contributed by atoms with E-state index >= 15 is 0 Å². The second-order valence-electron chi connectivity index (χ2n) is 4.59. The molecule has 0 amide bonds. The number of hydrogen-bond donors (Lipinski definition) is 1. The van der Waals surface area contributed by atoms with Crippen LogP contribution in [0, 0.1) is 6.92 Å². The summed E-state index contributed by atoms with van der Waals surface area (Å²) < 4.78 is 6.58. The van der Waals surface area contributed by atoms with E-state index in [0.29, 0.717) is 5.82 Å². The van der Waals surface area contributed by atoms with Crippen molar-refractivity contribution in [2.75, 3.05) is 32.5 Å². The highest BCUT2D eigenvalue weighted by atomic mass is 16.5. The minimum atomic E-state index is -0.491. The van der Waals surface area contributed by atoms with E-state index in [4.69, 9.17) is 5.73 Å². The van der Waals surface area contributed by atoms with Gasteiger partial charge in [0.25, 0.3) is 0 Å². The Morgan fingerprint density at radius 1 is 1.47 bits per heavy atom. The van der Waals surface area contributed by atoms with Gasteiger partial charge in [0.1, 0.15) is 11.6 Å². The van der Waals surface area contributed by atoms with Crippen LogP contribution in [-0.2, 0) is 4.74 Å². The van der Waals surface area contributed by atoms with Crippen LogP contribution in [-0.4, -0.2) is 47.2 Å². The highest BCUT2D eigenvalue weighted by molar-refractivity contribution is 5.92. The van der Waals surface area contributed by atoms with Crippen LogP contribution in [0.4, 0.5) is 5.82 Å². The Morgan fingerprint density at radius 2 is 2.05 bits per heavy atom. The number of carbonyl (C=O) groups is 1. The zero-order valence-electron chi connectivity index (χ0n) is 12.4. The highest BCUT2D eigenvalue weighted by Crippen LogP contribution is 2.21. The van der Waals surface area contributed by atoms with Crippen LogP contribution < -0.4 is 5.73 Å². The summed E-state index contributed by atoms with van der Waals surface area (Å²) in [5.41, 5.74) is 6.22. The number of ether oxygens (including phenoxy) is 1. The summed E-state index contributed by atoms with van der Waals surface area (Å²) in [7, 11) is 1.33. The molecule has 1 heterocycles. The number of hydrogen-bond acceptors (Lipinski definition) is 5. The maximum atomic E-state index is 11.6. The molecule has 0 spiro atoms. The first-order chi connectivity index (χ1) is 8.96. The summed E-state index contributed by atoms with van der Waals surface area (Å²) in [5, 5.41) is 0. The first-order valence-corrected chi connectivity index (χ1v) is 6.61. The maximum Gasteiger partial charge on any atom is 0.360 e. The van der Waals surface area contributed by atoms with E-state index < -0.39 is 5.97 Å². The molecule has 0 aromatic carbocycles. The smallest absolute Gasteiger partial charge is 0.360 e. The van der Waals surface area contributed by atoms with E-state index in [1.807, 2.05) is 11.5 Å². The molecule has 1 aromatic heterocycles. The van der Waals surface area contributed by atoms with Gasteiger partial charge in [-0.3, -0.25) is 0 Å². The van der Waals surface area contributed by atoms with E-state index in [2.05, 4.69) is 35.4 Å². The van der Waals surface area contributed by atoms with Gasteiger partial charge in [-0.15, -0.1) is 0 Å². The number of likely N-dealkylation sites (N-methyl/N-ethyl adjacent to an activating group) is 1. The summed E-state index contributed by atoms with van der Waals surface area (Å²) in [5.74, 6) is 0.621. The lowest BCUT2D eigenvalue weighted by Crippen LogP contribution is -2.30. The van der Waals surface area contributed by atoms with Crippen molar-refractivity contribution in [1.82, 2.24) is 14.5 Å². The second kappa shape index (κ2) is 6.56.